The molecule has 0 bridgehead atoms. The van der Waals surface area contributed by atoms with E-state index in [0.29, 0.717) is 32.0 Å². The summed E-state index contributed by atoms with van der Waals surface area (Å²) in [5.74, 6) is 0.252. The summed E-state index contributed by atoms with van der Waals surface area (Å²) in [6.45, 7) is 3.26. The molecule has 2 aliphatic rings. The summed E-state index contributed by atoms with van der Waals surface area (Å²) in [7, 11) is 0. The highest BCUT2D eigenvalue weighted by molar-refractivity contribution is 5.80. The molecule has 4 heteroatoms. The fourth-order valence-electron chi connectivity index (χ4n) is 2.48. The molecule has 1 aliphatic heterocycles. The maximum absolute atomic E-state index is 12.0. The standard InChI is InChI=1S/C12H21NO3/c1-9-3-2-4-10(9)16-11(14)12(13)5-7-15-8-6-12/h9-10H,2-8,13H2,1H3. The normalized spacial score (nSPS) is 33.6. The van der Waals surface area contributed by atoms with E-state index in [1.165, 1.54) is 0 Å². The van der Waals surface area contributed by atoms with Crippen LogP contribution < -0.4 is 5.73 Å². The average molecular weight is 227 g/mol. The van der Waals surface area contributed by atoms with Crippen molar-refractivity contribution in [2.24, 2.45) is 11.7 Å². The van der Waals surface area contributed by atoms with Crippen LogP contribution in [0.3, 0.4) is 0 Å². The lowest BCUT2D eigenvalue weighted by Crippen LogP contribution is -2.53. The van der Waals surface area contributed by atoms with E-state index in [9.17, 15) is 4.79 Å². The molecule has 92 valence electrons. The van der Waals surface area contributed by atoms with Gasteiger partial charge in [-0.3, -0.25) is 4.79 Å². The lowest BCUT2D eigenvalue weighted by Gasteiger charge is -2.32. The summed E-state index contributed by atoms with van der Waals surface area (Å²) in [6, 6.07) is 0. The molecule has 0 spiro atoms. The number of nitrogens with two attached hydrogens (primary N) is 1. The Bertz CT molecular complexity index is 261. The molecule has 1 aliphatic carbocycles. The molecule has 16 heavy (non-hydrogen) atoms. The Morgan fingerprint density at radius 2 is 2.06 bits per heavy atom. The monoisotopic (exact) mass is 227 g/mol. The zero-order valence-corrected chi connectivity index (χ0v) is 9.91. The molecule has 2 rings (SSSR count). The van der Waals surface area contributed by atoms with Crippen molar-refractivity contribution in [2.75, 3.05) is 13.2 Å². The van der Waals surface area contributed by atoms with Gasteiger partial charge < -0.3 is 15.2 Å². The number of esters is 1. The Hall–Kier alpha value is -0.610. The minimum absolute atomic E-state index is 0.0794. The topological polar surface area (TPSA) is 61.5 Å². The molecule has 2 N–H and O–H groups in total. The van der Waals surface area contributed by atoms with Gasteiger partial charge in [-0.15, -0.1) is 0 Å². The number of ether oxygens (including phenoxy) is 2. The van der Waals surface area contributed by atoms with E-state index in [1.54, 1.807) is 0 Å². The van der Waals surface area contributed by atoms with Crippen LogP contribution in [0.1, 0.15) is 39.0 Å². The third kappa shape index (κ3) is 2.38. The van der Waals surface area contributed by atoms with Gasteiger partial charge in [-0.05, 0) is 38.0 Å². The second-order valence-corrected chi connectivity index (χ2v) is 5.12. The van der Waals surface area contributed by atoms with Crippen molar-refractivity contribution in [2.45, 2.75) is 50.7 Å². The van der Waals surface area contributed by atoms with Crippen molar-refractivity contribution in [3.63, 3.8) is 0 Å². The van der Waals surface area contributed by atoms with Gasteiger partial charge in [-0.2, -0.15) is 0 Å². The van der Waals surface area contributed by atoms with E-state index in [1.807, 2.05) is 0 Å². The van der Waals surface area contributed by atoms with E-state index in [0.717, 1.165) is 19.3 Å². The van der Waals surface area contributed by atoms with Crippen LogP contribution in [0.25, 0.3) is 0 Å². The number of hydrogen-bond acceptors (Lipinski definition) is 4. The van der Waals surface area contributed by atoms with Crippen molar-refractivity contribution < 1.29 is 14.3 Å². The molecule has 0 aromatic carbocycles. The smallest absolute Gasteiger partial charge is 0.326 e. The zero-order chi connectivity index (χ0) is 11.6. The van der Waals surface area contributed by atoms with E-state index >= 15 is 0 Å². The summed E-state index contributed by atoms with van der Waals surface area (Å²) in [5.41, 5.74) is 5.27. The molecule has 0 radical (unpaired) electrons. The minimum Gasteiger partial charge on any atom is -0.461 e. The molecule has 4 nitrogen and oxygen atoms in total. The van der Waals surface area contributed by atoms with Crippen LogP contribution in [0.2, 0.25) is 0 Å². The Labute approximate surface area is 96.5 Å². The minimum atomic E-state index is -0.805. The van der Waals surface area contributed by atoms with Crippen LogP contribution in [0, 0.1) is 5.92 Å². The van der Waals surface area contributed by atoms with Gasteiger partial charge in [-0.1, -0.05) is 6.92 Å². The lowest BCUT2D eigenvalue weighted by atomic mass is 9.91. The van der Waals surface area contributed by atoms with Gasteiger partial charge in [0, 0.05) is 13.2 Å². The van der Waals surface area contributed by atoms with Crippen LogP contribution in [-0.2, 0) is 14.3 Å². The highest BCUT2D eigenvalue weighted by Crippen LogP contribution is 2.29. The van der Waals surface area contributed by atoms with Crippen molar-refractivity contribution >= 4 is 5.97 Å². The van der Waals surface area contributed by atoms with Gasteiger partial charge in [0.25, 0.3) is 0 Å². The molecular formula is C12H21NO3. The Morgan fingerprint density at radius 3 is 2.62 bits per heavy atom. The van der Waals surface area contributed by atoms with Crippen molar-refractivity contribution in [1.29, 1.82) is 0 Å². The van der Waals surface area contributed by atoms with E-state index in [2.05, 4.69) is 6.92 Å². The third-order valence-corrected chi connectivity index (χ3v) is 3.83. The van der Waals surface area contributed by atoms with Crippen LogP contribution in [0.15, 0.2) is 0 Å². The van der Waals surface area contributed by atoms with Gasteiger partial charge in [0.05, 0.1) is 0 Å². The summed E-state index contributed by atoms with van der Waals surface area (Å²) >= 11 is 0. The Morgan fingerprint density at radius 1 is 1.38 bits per heavy atom. The number of rotatable bonds is 2. The second kappa shape index (κ2) is 4.72. The van der Waals surface area contributed by atoms with Crippen LogP contribution in [-0.4, -0.2) is 30.8 Å². The summed E-state index contributed by atoms with van der Waals surface area (Å²) in [4.78, 5) is 12.0. The van der Waals surface area contributed by atoms with Gasteiger partial charge in [0.1, 0.15) is 11.6 Å². The lowest BCUT2D eigenvalue weighted by molar-refractivity contribution is -0.160. The van der Waals surface area contributed by atoms with E-state index in [4.69, 9.17) is 15.2 Å². The Kier molecular flexibility index (Phi) is 3.50. The van der Waals surface area contributed by atoms with Crippen molar-refractivity contribution in [3.05, 3.63) is 0 Å². The van der Waals surface area contributed by atoms with Crippen molar-refractivity contribution in [3.8, 4) is 0 Å². The largest absolute Gasteiger partial charge is 0.461 e. The van der Waals surface area contributed by atoms with E-state index < -0.39 is 5.54 Å². The predicted octanol–water partition coefficient (Wildman–Crippen LogP) is 1.23. The van der Waals surface area contributed by atoms with Crippen LogP contribution in [0.4, 0.5) is 0 Å². The second-order valence-electron chi connectivity index (χ2n) is 5.12. The molecule has 0 aromatic heterocycles. The molecule has 1 saturated carbocycles. The van der Waals surface area contributed by atoms with Crippen LogP contribution in [0.5, 0.6) is 0 Å². The summed E-state index contributed by atoms with van der Waals surface area (Å²) < 4.78 is 10.8. The Balaban J connectivity index is 1.91. The fraction of sp³-hybridized carbons (Fsp3) is 0.917. The van der Waals surface area contributed by atoms with Crippen LogP contribution >= 0.6 is 0 Å². The molecule has 2 fully saturated rings. The molecular weight excluding hydrogens is 206 g/mol. The molecule has 1 heterocycles. The molecule has 1 saturated heterocycles. The van der Waals surface area contributed by atoms with Gasteiger partial charge in [-0.25, -0.2) is 0 Å². The maximum atomic E-state index is 12.0. The molecule has 2 atom stereocenters. The van der Waals surface area contributed by atoms with Gasteiger partial charge in [0.2, 0.25) is 0 Å². The third-order valence-electron chi connectivity index (χ3n) is 3.83. The SMILES string of the molecule is CC1CCCC1OC(=O)C1(N)CCOCC1. The highest BCUT2D eigenvalue weighted by Gasteiger charge is 2.40. The first-order chi connectivity index (χ1) is 7.62. The highest BCUT2D eigenvalue weighted by atomic mass is 16.5. The molecule has 0 aromatic rings. The number of carbonyl (C=O) groups is 1. The summed E-state index contributed by atoms with van der Waals surface area (Å²) in [6.07, 6.45) is 4.52. The molecule has 2 unspecified atom stereocenters. The first-order valence-corrected chi connectivity index (χ1v) is 6.19. The fourth-order valence-corrected chi connectivity index (χ4v) is 2.48. The summed E-state index contributed by atoms with van der Waals surface area (Å²) in [5, 5.41) is 0. The van der Waals surface area contributed by atoms with E-state index in [-0.39, 0.29) is 12.1 Å². The van der Waals surface area contributed by atoms with Gasteiger partial charge in [0.15, 0.2) is 0 Å². The first kappa shape index (κ1) is 11.9. The number of carbonyl (C=O) groups excluding carboxylic acids is 1. The molecule has 0 amide bonds. The first-order valence-electron chi connectivity index (χ1n) is 6.19. The number of hydrogen-bond donors (Lipinski definition) is 1. The maximum Gasteiger partial charge on any atom is 0.326 e. The van der Waals surface area contributed by atoms with Gasteiger partial charge >= 0.3 is 5.97 Å². The van der Waals surface area contributed by atoms with Crippen molar-refractivity contribution in [1.82, 2.24) is 0 Å². The predicted molar refractivity (Wildman–Crippen MR) is 59.9 cm³/mol. The average Bonchev–Trinajstić information content (AvgIpc) is 2.65. The quantitative estimate of drug-likeness (QED) is 0.721. The zero-order valence-electron chi connectivity index (χ0n) is 9.91.